The van der Waals surface area contributed by atoms with E-state index >= 15 is 0 Å². The third-order valence-corrected chi connectivity index (χ3v) is 4.29. The van der Waals surface area contributed by atoms with Gasteiger partial charge in [0.2, 0.25) is 5.91 Å². The standard InChI is InChI=1S/C19H19NO2/c1-13-6-2-3-7-14(13)10-11-18(21)16-12-19(22)20-17-9-5-4-8-15(16)17/h2-9,16H,10-12H2,1H3,(H,20,22). The van der Waals surface area contributed by atoms with Crippen LogP contribution in [0.15, 0.2) is 48.5 Å². The summed E-state index contributed by atoms with van der Waals surface area (Å²) >= 11 is 0. The molecule has 0 fully saturated rings. The van der Waals surface area contributed by atoms with Gasteiger partial charge in [-0.25, -0.2) is 0 Å². The molecule has 1 atom stereocenters. The van der Waals surface area contributed by atoms with Gasteiger partial charge in [0.25, 0.3) is 0 Å². The number of carbonyl (C=O) groups excluding carboxylic acids is 2. The van der Waals surface area contributed by atoms with Crippen molar-refractivity contribution in [1.29, 1.82) is 0 Å². The minimum atomic E-state index is -0.311. The van der Waals surface area contributed by atoms with Crippen LogP contribution in [0.25, 0.3) is 0 Å². The Labute approximate surface area is 130 Å². The maximum absolute atomic E-state index is 12.6. The minimum Gasteiger partial charge on any atom is -0.326 e. The van der Waals surface area contributed by atoms with E-state index in [1.165, 1.54) is 11.1 Å². The quantitative estimate of drug-likeness (QED) is 0.935. The molecule has 0 bridgehead atoms. The maximum atomic E-state index is 12.6. The molecular formula is C19H19NO2. The molecule has 2 aromatic rings. The molecule has 0 aliphatic carbocycles. The van der Waals surface area contributed by atoms with Gasteiger partial charge in [0, 0.05) is 18.5 Å². The largest absolute Gasteiger partial charge is 0.326 e. The van der Waals surface area contributed by atoms with E-state index in [9.17, 15) is 9.59 Å². The second-order valence-corrected chi connectivity index (χ2v) is 5.78. The van der Waals surface area contributed by atoms with Gasteiger partial charge in [-0.15, -0.1) is 0 Å². The van der Waals surface area contributed by atoms with Crippen LogP contribution < -0.4 is 5.32 Å². The number of hydrogen-bond donors (Lipinski definition) is 1. The molecule has 2 aromatic carbocycles. The predicted molar refractivity (Wildman–Crippen MR) is 86.9 cm³/mol. The summed E-state index contributed by atoms with van der Waals surface area (Å²) in [5, 5.41) is 2.84. The van der Waals surface area contributed by atoms with Gasteiger partial charge in [-0.1, -0.05) is 42.5 Å². The van der Waals surface area contributed by atoms with E-state index in [1.54, 1.807) is 0 Å². The fraction of sp³-hybridized carbons (Fsp3) is 0.263. The number of fused-ring (bicyclic) bond motifs is 1. The number of aryl methyl sites for hydroxylation is 2. The average Bonchev–Trinajstić information content (AvgIpc) is 2.53. The molecule has 3 heteroatoms. The highest BCUT2D eigenvalue weighted by Crippen LogP contribution is 2.33. The van der Waals surface area contributed by atoms with Crippen LogP contribution in [0.5, 0.6) is 0 Å². The first-order valence-corrected chi connectivity index (χ1v) is 7.61. The van der Waals surface area contributed by atoms with Crippen LogP contribution >= 0.6 is 0 Å². The summed E-state index contributed by atoms with van der Waals surface area (Å²) in [5.74, 6) is -0.243. The van der Waals surface area contributed by atoms with Crippen LogP contribution in [-0.4, -0.2) is 11.7 Å². The van der Waals surface area contributed by atoms with Crippen molar-refractivity contribution < 1.29 is 9.59 Å². The zero-order valence-electron chi connectivity index (χ0n) is 12.6. The highest BCUT2D eigenvalue weighted by Gasteiger charge is 2.29. The van der Waals surface area contributed by atoms with Gasteiger partial charge in [0.15, 0.2) is 0 Å². The van der Waals surface area contributed by atoms with Crippen molar-refractivity contribution in [3.63, 3.8) is 0 Å². The van der Waals surface area contributed by atoms with E-state index in [-0.39, 0.29) is 24.0 Å². The highest BCUT2D eigenvalue weighted by atomic mass is 16.2. The van der Waals surface area contributed by atoms with Crippen molar-refractivity contribution in [2.75, 3.05) is 5.32 Å². The molecule has 0 aromatic heterocycles. The summed E-state index contributed by atoms with van der Waals surface area (Å²) in [6.07, 6.45) is 1.45. The number of rotatable bonds is 4. The second kappa shape index (κ2) is 6.14. The maximum Gasteiger partial charge on any atom is 0.225 e. The molecular weight excluding hydrogens is 274 g/mol. The number of para-hydroxylation sites is 1. The first kappa shape index (κ1) is 14.5. The molecule has 1 aliphatic heterocycles. The third kappa shape index (κ3) is 2.93. The predicted octanol–water partition coefficient (Wildman–Crippen LogP) is 3.62. The number of hydrogen-bond acceptors (Lipinski definition) is 2. The Balaban J connectivity index is 1.75. The molecule has 22 heavy (non-hydrogen) atoms. The lowest BCUT2D eigenvalue weighted by Gasteiger charge is -2.24. The summed E-state index contributed by atoms with van der Waals surface area (Å²) in [5.41, 5.74) is 4.12. The Morgan fingerprint density at radius 3 is 2.68 bits per heavy atom. The monoisotopic (exact) mass is 293 g/mol. The summed E-state index contributed by atoms with van der Waals surface area (Å²) in [6, 6.07) is 15.7. The molecule has 0 spiro atoms. The first-order valence-electron chi connectivity index (χ1n) is 7.61. The van der Waals surface area contributed by atoms with Crippen molar-refractivity contribution in [1.82, 2.24) is 0 Å². The van der Waals surface area contributed by atoms with Crippen molar-refractivity contribution in [2.24, 2.45) is 0 Å². The SMILES string of the molecule is Cc1ccccc1CCC(=O)C1CC(=O)Nc2ccccc21. The first-order chi connectivity index (χ1) is 10.6. The molecule has 1 aliphatic rings. The zero-order valence-corrected chi connectivity index (χ0v) is 12.6. The number of benzene rings is 2. The number of carbonyl (C=O) groups is 2. The van der Waals surface area contributed by atoms with E-state index in [1.807, 2.05) is 36.4 Å². The van der Waals surface area contributed by atoms with E-state index in [0.29, 0.717) is 6.42 Å². The van der Waals surface area contributed by atoms with Gasteiger partial charge in [0.1, 0.15) is 5.78 Å². The number of nitrogens with one attached hydrogen (secondary N) is 1. The van der Waals surface area contributed by atoms with Crippen LogP contribution in [0, 0.1) is 6.92 Å². The third-order valence-electron chi connectivity index (χ3n) is 4.29. The Kier molecular flexibility index (Phi) is 4.05. The van der Waals surface area contributed by atoms with Gasteiger partial charge in [-0.05, 0) is 36.1 Å². The van der Waals surface area contributed by atoms with Crippen molar-refractivity contribution >= 4 is 17.4 Å². The number of ketones is 1. The number of anilines is 1. The molecule has 0 saturated heterocycles. The zero-order chi connectivity index (χ0) is 15.5. The topological polar surface area (TPSA) is 46.2 Å². The molecule has 1 amide bonds. The Morgan fingerprint density at radius 2 is 1.86 bits per heavy atom. The molecule has 1 heterocycles. The van der Waals surface area contributed by atoms with Crippen LogP contribution in [0.2, 0.25) is 0 Å². The average molecular weight is 293 g/mol. The van der Waals surface area contributed by atoms with Crippen LogP contribution in [0.3, 0.4) is 0 Å². The van der Waals surface area contributed by atoms with E-state index < -0.39 is 0 Å². The summed E-state index contributed by atoms with van der Waals surface area (Å²) in [4.78, 5) is 24.4. The fourth-order valence-electron chi connectivity index (χ4n) is 3.02. The summed E-state index contributed by atoms with van der Waals surface area (Å²) in [6.45, 7) is 2.06. The lowest BCUT2D eigenvalue weighted by atomic mass is 9.85. The number of Topliss-reactive ketones (excluding diaryl/α,β-unsaturated/α-hetero) is 1. The van der Waals surface area contributed by atoms with Crippen molar-refractivity contribution in [3.8, 4) is 0 Å². The smallest absolute Gasteiger partial charge is 0.225 e. The molecule has 3 rings (SSSR count). The van der Waals surface area contributed by atoms with E-state index in [4.69, 9.17) is 0 Å². The summed E-state index contributed by atoms with van der Waals surface area (Å²) in [7, 11) is 0. The van der Waals surface area contributed by atoms with E-state index in [2.05, 4.69) is 24.4 Å². The highest BCUT2D eigenvalue weighted by molar-refractivity contribution is 6.01. The van der Waals surface area contributed by atoms with Gasteiger partial charge < -0.3 is 5.32 Å². The van der Waals surface area contributed by atoms with Gasteiger partial charge in [-0.2, -0.15) is 0 Å². The normalized spacial score (nSPS) is 16.8. The second-order valence-electron chi connectivity index (χ2n) is 5.78. The van der Waals surface area contributed by atoms with Crippen molar-refractivity contribution in [2.45, 2.75) is 32.1 Å². The lowest BCUT2D eigenvalue weighted by Crippen LogP contribution is -2.27. The molecule has 1 unspecified atom stereocenters. The Morgan fingerprint density at radius 1 is 1.14 bits per heavy atom. The van der Waals surface area contributed by atoms with Crippen LogP contribution in [-0.2, 0) is 16.0 Å². The van der Waals surface area contributed by atoms with Gasteiger partial charge >= 0.3 is 0 Å². The van der Waals surface area contributed by atoms with E-state index in [0.717, 1.165) is 17.7 Å². The molecule has 3 nitrogen and oxygen atoms in total. The lowest BCUT2D eigenvalue weighted by molar-refractivity contribution is -0.124. The number of amides is 1. The van der Waals surface area contributed by atoms with Crippen molar-refractivity contribution in [3.05, 3.63) is 65.2 Å². The Hall–Kier alpha value is -2.42. The summed E-state index contributed by atoms with van der Waals surface area (Å²) < 4.78 is 0. The molecule has 112 valence electrons. The fourth-order valence-corrected chi connectivity index (χ4v) is 3.02. The van der Waals surface area contributed by atoms with Gasteiger partial charge in [0.05, 0.1) is 5.92 Å². The molecule has 0 saturated carbocycles. The van der Waals surface area contributed by atoms with Crippen LogP contribution in [0.1, 0.15) is 35.4 Å². The molecule has 0 radical (unpaired) electrons. The van der Waals surface area contributed by atoms with Gasteiger partial charge in [-0.3, -0.25) is 9.59 Å². The molecule has 1 N–H and O–H groups in total. The minimum absolute atomic E-state index is 0.0760. The Bertz CT molecular complexity index is 721. The van der Waals surface area contributed by atoms with Crippen LogP contribution in [0.4, 0.5) is 5.69 Å².